The van der Waals surface area contributed by atoms with Crippen LogP contribution in [0.5, 0.6) is 0 Å². The summed E-state index contributed by atoms with van der Waals surface area (Å²) in [5.74, 6) is -0.630. The lowest BCUT2D eigenvalue weighted by atomic mass is 10.0. The van der Waals surface area contributed by atoms with E-state index in [-0.39, 0.29) is 30.1 Å². The van der Waals surface area contributed by atoms with Crippen LogP contribution in [-0.2, 0) is 6.18 Å². The van der Waals surface area contributed by atoms with E-state index in [4.69, 9.17) is 0 Å². The average Bonchev–Trinajstić information content (AvgIpc) is 3.46. The minimum atomic E-state index is -4.48. The molecule has 1 saturated heterocycles. The third kappa shape index (κ3) is 4.31. The molecule has 35 heavy (non-hydrogen) atoms. The van der Waals surface area contributed by atoms with E-state index >= 15 is 0 Å². The molecule has 0 spiro atoms. The lowest BCUT2D eigenvalue weighted by molar-refractivity contribution is -0.137. The molecular weight excluding hydrogens is 499 g/mol. The van der Waals surface area contributed by atoms with Crippen LogP contribution in [0.3, 0.4) is 0 Å². The summed E-state index contributed by atoms with van der Waals surface area (Å²) < 4.78 is 41.4. The number of aryl methyl sites for hydroxylation is 2. The summed E-state index contributed by atoms with van der Waals surface area (Å²) in [4.78, 5) is 37.6. The van der Waals surface area contributed by atoms with E-state index in [0.29, 0.717) is 39.8 Å². The van der Waals surface area contributed by atoms with Crippen LogP contribution >= 0.6 is 22.7 Å². The highest BCUT2D eigenvalue weighted by Gasteiger charge is 2.36. The molecule has 0 aliphatic carbocycles. The standard InChI is InChI=1S/C23H20F3N5O2S2/c1-12-18(31-8-9-34-22(31)28-12)20(32)27-11-16-6-7-30(16)21(33)17-19(35-13(2)29-17)14-4-3-5-15(10-14)23(24,25)26/h3-5,8-10,16H,6-7,11H2,1-2H3,(H,27,32). The van der Waals surface area contributed by atoms with Crippen molar-refractivity contribution in [1.29, 1.82) is 0 Å². The predicted octanol–water partition coefficient (Wildman–Crippen LogP) is 4.80. The third-order valence-corrected chi connectivity index (χ3v) is 7.72. The molecule has 1 aliphatic rings. The molecule has 7 nitrogen and oxygen atoms in total. The largest absolute Gasteiger partial charge is 0.416 e. The Bertz CT molecular complexity index is 1440. The van der Waals surface area contributed by atoms with Gasteiger partial charge in [0.2, 0.25) is 0 Å². The number of carbonyl (C=O) groups is 2. The summed E-state index contributed by atoms with van der Waals surface area (Å²) in [5, 5.41) is 5.33. The van der Waals surface area contributed by atoms with E-state index in [1.54, 1.807) is 35.4 Å². The van der Waals surface area contributed by atoms with E-state index in [9.17, 15) is 22.8 Å². The van der Waals surface area contributed by atoms with Crippen LogP contribution in [0.4, 0.5) is 13.2 Å². The third-order valence-electron chi connectivity index (χ3n) is 5.94. The Morgan fingerprint density at radius 1 is 1.23 bits per heavy atom. The zero-order valence-electron chi connectivity index (χ0n) is 18.7. The maximum atomic E-state index is 13.3. The molecule has 1 unspecified atom stereocenters. The number of hydrogen-bond acceptors (Lipinski definition) is 6. The normalized spacial score (nSPS) is 15.9. The van der Waals surface area contributed by atoms with Gasteiger partial charge in [0, 0.05) is 24.7 Å². The fraction of sp³-hybridized carbons (Fsp3) is 0.304. The van der Waals surface area contributed by atoms with Crippen molar-refractivity contribution in [2.75, 3.05) is 13.1 Å². The number of imidazole rings is 1. The predicted molar refractivity (Wildman–Crippen MR) is 127 cm³/mol. The van der Waals surface area contributed by atoms with Crippen LogP contribution < -0.4 is 5.32 Å². The molecule has 2 amide bonds. The second-order valence-corrected chi connectivity index (χ2v) is 10.3. The quantitative estimate of drug-likeness (QED) is 0.411. The summed E-state index contributed by atoms with van der Waals surface area (Å²) in [7, 11) is 0. The molecule has 1 N–H and O–H groups in total. The van der Waals surface area contributed by atoms with Crippen molar-refractivity contribution in [1.82, 2.24) is 24.6 Å². The maximum Gasteiger partial charge on any atom is 0.416 e. The number of fused-ring (bicyclic) bond motifs is 1. The number of nitrogens with zero attached hydrogens (tertiary/aromatic N) is 4. The first kappa shape index (κ1) is 23.5. The van der Waals surface area contributed by atoms with Crippen LogP contribution in [0.15, 0.2) is 35.8 Å². The smallest absolute Gasteiger partial charge is 0.349 e. The number of carbonyl (C=O) groups excluding carboxylic acids is 2. The zero-order valence-corrected chi connectivity index (χ0v) is 20.4. The Hall–Kier alpha value is -3.25. The lowest BCUT2D eigenvalue weighted by Crippen LogP contribution is -2.56. The minimum Gasteiger partial charge on any atom is -0.349 e. The van der Waals surface area contributed by atoms with Crippen molar-refractivity contribution in [2.45, 2.75) is 32.5 Å². The topological polar surface area (TPSA) is 79.6 Å². The highest BCUT2D eigenvalue weighted by molar-refractivity contribution is 7.15. The number of nitrogens with one attached hydrogen (secondary N) is 1. The first-order valence-electron chi connectivity index (χ1n) is 10.8. The van der Waals surface area contributed by atoms with Crippen LogP contribution in [0.25, 0.3) is 15.4 Å². The number of aromatic nitrogens is 3. The Morgan fingerprint density at radius 2 is 2.03 bits per heavy atom. The monoisotopic (exact) mass is 519 g/mol. The SMILES string of the molecule is Cc1nc(C(=O)N2CCC2CNC(=O)c2c(C)nc3sccn23)c(-c2cccc(C(F)(F)F)c2)s1. The average molecular weight is 520 g/mol. The van der Waals surface area contributed by atoms with Gasteiger partial charge in [0.25, 0.3) is 11.8 Å². The molecular formula is C23H20F3N5O2S2. The molecule has 0 radical (unpaired) electrons. The summed E-state index contributed by atoms with van der Waals surface area (Å²) in [5.41, 5.74) is 0.739. The van der Waals surface area contributed by atoms with Crippen molar-refractivity contribution >= 4 is 39.4 Å². The molecule has 182 valence electrons. The second kappa shape index (κ2) is 8.76. The van der Waals surface area contributed by atoms with E-state index in [1.165, 1.54) is 28.7 Å². The van der Waals surface area contributed by atoms with Crippen LogP contribution in [0.1, 0.15) is 43.7 Å². The van der Waals surface area contributed by atoms with Gasteiger partial charge >= 0.3 is 6.18 Å². The number of halogens is 3. The number of likely N-dealkylation sites (tertiary alicyclic amines) is 1. The van der Waals surface area contributed by atoms with E-state index in [1.807, 2.05) is 5.38 Å². The van der Waals surface area contributed by atoms with Gasteiger partial charge in [-0.05, 0) is 38.0 Å². The minimum absolute atomic E-state index is 0.134. The first-order valence-corrected chi connectivity index (χ1v) is 12.5. The van der Waals surface area contributed by atoms with Crippen molar-refractivity contribution in [2.24, 2.45) is 0 Å². The molecule has 1 fully saturated rings. The molecule has 0 bridgehead atoms. The van der Waals surface area contributed by atoms with Gasteiger partial charge < -0.3 is 10.2 Å². The summed E-state index contributed by atoms with van der Waals surface area (Å²) >= 11 is 2.62. The first-order chi connectivity index (χ1) is 16.6. The van der Waals surface area contributed by atoms with Gasteiger partial charge in [-0.15, -0.1) is 22.7 Å². The molecule has 1 aliphatic heterocycles. The Kier molecular flexibility index (Phi) is 5.88. The Labute approximate surface area is 206 Å². The lowest BCUT2D eigenvalue weighted by Gasteiger charge is -2.40. The summed E-state index contributed by atoms with van der Waals surface area (Å²) in [6, 6.07) is 4.68. The molecule has 5 rings (SSSR count). The van der Waals surface area contributed by atoms with Crippen molar-refractivity contribution in [3.05, 3.63) is 63.5 Å². The Morgan fingerprint density at radius 3 is 2.74 bits per heavy atom. The van der Waals surface area contributed by atoms with Crippen molar-refractivity contribution < 1.29 is 22.8 Å². The van der Waals surface area contributed by atoms with E-state index in [0.717, 1.165) is 17.1 Å². The zero-order chi connectivity index (χ0) is 24.9. The van der Waals surface area contributed by atoms with Gasteiger partial charge in [-0.2, -0.15) is 13.2 Å². The molecule has 4 aromatic rings. The number of benzene rings is 1. The van der Waals surface area contributed by atoms with Crippen LogP contribution in [0.2, 0.25) is 0 Å². The molecule has 0 saturated carbocycles. The number of alkyl halides is 3. The summed E-state index contributed by atoms with van der Waals surface area (Å²) in [6.07, 6.45) is -2.00. The molecule has 12 heteroatoms. The highest BCUT2D eigenvalue weighted by Crippen LogP contribution is 2.36. The molecule has 1 aromatic carbocycles. The summed E-state index contributed by atoms with van der Waals surface area (Å²) in [6.45, 7) is 4.22. The number of rotatable bonds is 5. The molecule has 3 aromatic heterocycles. The van der Waals surface area contributed by atoms with Gasteiger partial charge in [0.15, 0.2) is 4.96 Å². The highest BCUT2D eigenvalue weighted by atomic mass is 32.1. The second-order valence-electron chi connectivity index (χ2n) is 8.24. The van der Waals surface area contributed by atoms with Crippen molar-refractivity contribution in [3.8, 4) is 10.4 Å². The fourth-order valence-electron chi connectivity index (χ4n) is 4.12. The number of thiazole rings is 2. The number of amides is 2. The van der Waals surface area contributed by atoms with Crippen molar-refractivity contribution in [3.63, 3.8) is 0 Å². The maximum absolute atomic E-state index is 13.3. The van der Waals surface area contributed by atoms with Gasteiger partial charge in [0.1, 0.15) is 11.4 Å². The fourth-order valence-corrected chi connectivity index (χ4v) is 5.79. The van der Waals surface area contributed by atoms with Gasteiger partial charge in [0.05, 0.1) is 27.2 Å². The van der Waals surface area contributed by atoms with Gasteiger partial charge in [-0.3, -0.25) is 14.0 Å². The van der Waals surface area contributed by atoms with E-state index in [2.05, 4.69) is 15.3 Å². The van der Waals surface area contributed by atoms with Gasteiger partial charge in [-0.1, -0.05) is 12.1 Å². The van der Waals surface area contributed by atoms with Crippen LogP contribution in [-0.4, -0.2) is 50.2 Å². The van der Waals surface area contributed by atoms with Gasteiger partial charge in [-0.25, -0.2) is 9.97 Å². The molecule has 4 heterocycles. The number of hydrogen-bond donors (Lipinski definition) is 1. The van der Waals surface area contributed by atoms with E-state index < -0.39 is 11.7 Å². The Balaban J connectivity index is 1.32. The molecule has 1 atom stereocenters. The van der Waals surface area contributed by atoms with Crippen LogP contribution in [0, 0.1) is 13.8 Å².